The van der Waals surface area contributed by atoms with Crippen LogP contribution >= 0.6 is 15.9 Å². The summed E-state index contributed by atoms with van der Waals surface area (Å²) in [6, 6.07) is 14.1. The quantitative estimate of drug-likeness (QED) is 0.319. The number of pyridine rings is 1. The van der Waals surface area contributed by atoms with Crippen molar-refractivity contribution in [3.8, 4) is 17.0 Å². The Hall–Kier alpha value is -3.46. The van der Waals surface area contributed by atoms with Gasteiger partial charge in [0.2, 0.25) is 6.41 Å². The predicted octanol–water partition coefficient (Wildman–Crippen LogP) is 5.02. The molecule has 4 aromatic rings. The van der Waals surface area contributed by atoms with E-state index >= 15 is 0 Å². The van der Waals surface area contributed by atoms with Gasteiger partial charge in [0.15, 0.2) is 5.82 Å². The second-order valence-electron chi connectivity index (χ2n) is 7.33. The third kappa shape index (κ3) is 4.68. The van der Waals surface area contributed by atoms with Gasteiger partial charge in [-0.2, -0.15) is 5.10 Å². The Kier molecular flexibility index (Phi) is 6.88. The van der Waals surface area contributed by atoms with Crippen LogP contribution in [0.25, 0.3) is 22.2 Å². The number of halogens is 2. The van der Waals surface area contributed by atoms with Crippen LogP contribution in [0.5, 0.6) is 5.75 Å². The maximum Gasteiger partial charge on any atom is 0.214 e. The lowest BCUT2D eigenvalue weighted by molar-refractivity contribution is -0.107. The van der Waals surface area contributed by atoms with Crippen molar-refractivity contribution in [2.75, 3.05) is 36.5 Å². The van der Waals surface area contributed by atoms with E-state index in [0.29, 0.717) is 42.5 Å². The van der Waals surface area contributed by atoms with E-state index in [4.69, 9.17) is 4.74 Å². The van der Waals surface area contributed by atoms with E-state index in [0.717, 1.165) is 27.5 Å². The van der Waals surface area contributed by atoms with Gasteiger partial charge < -0.3 is 14.5 Å². The molecule has 0 saturated heterocycles. The predicted molar refractivity (Wildman–Crippen MR) is 131 cm³/mol. The fraction of sp³-hybridized carbons (Fsp3) is 0.208. The summed E-state index contributed by atoms with van der Waals surface area (Å²) in [7, 11) is 1.50. The maximum atomic E-state index is 14.6. The summed E-state index contributed by atoms with van der Waals surface area (Å²) in [6.45, 7) is 3.74. The first-order valence-electron chi connectivity index (χ1n) is 10.4. The summed E-state index contributed by atoms with van der Waals surface area (Å²) in [5.74, 6) is 0.721. The Morgan fingerprint density at radius 1 is 1.18 bits per heavy atom. The molecule has 170 valence electrons. The largest absolute Gasteiger partial charge is 0.496 e. The maximum absolute atomic E-state index is 14.6. The summed E-state index contributed by atoms with van der Waals surface area (Å²) in [5.41, 5.74) is 2.32. The van der Waals surface area contributed by atoms with E-state index in [9.17, 15) is 9.18 Å². The lowest BCUT2D eigenvalue weighted by Crippen LogP contribution is -2.34. The van der Waals surface area contributed by atoms with Crippen LogP contribution in [-0.2, 0) is 4.79 Å². The second kappa shape index (κ2) is 9.99. The molecule has 0 saturated carbocycles. The zero-order chi connectivity index (χ0) is 23.4. The molecule has 2 aromatic carbocycles. The van der Waals surface area contributed by atoms with Crippen LogP contribution in [-0.4, -0.2) is 48.3 Å². The number of nitrogens with zero attached hydrogens (tertiary/aromatic N) is 4. The van der Waals surface area contributed by atoms with E-state index in [1.54, 1.807) is 23.2 Å². The Balaban J connectivity index is 1.63. The summed E-state index contributed by atoms with van der Waals surface area (Å²) in [4.78, 5) is 19.8. The normalized spacial score (nSPS) is 10.9. The fourth-order valence-electron chi connectivity index (χ4n) is 3.72. The molecule has 0 spiro atoms. The van der Waals surface area contributed by atoms with Crippen molar-refractivity contribution in [1.82, 2.24) is 15.2 Å². The fourth-order valence-corrected chi connectivity index (χ4v) is 3.99. The van der Waals surface area contributed by atoms with Gasteiger partial charge in [0.05, 0.1) is 30.1 Å². The molecule has 9 heteroatoms. The average molecular weight is 512 g/mol. The Bertz CT molecular complexity index is 1260. The molecule has 7 nitrogen and oxygen atoms in total. The first-order valence-corrected chi connectivity index (χ1v) is 11.2. The van der Waals surface area contributed by atoms with E-state index in [-0.39, 0.29) is 0 Å². The molecule has 0 aliphatic heterocycles. The van der Waals surface area contributed by atoms with Crippen LogP contribution < -0.4 is 14.5 Å². The van der Waals surface area contributed by atoms with Crippen LogP contribution in [0.3, 0.4) is 0 Å². The molecule has 1 N–H and O–H groups in total. The summed E-state index contributed by atoms with van der Waals surface area (Å²) in [6.07, 6.45) is 2.46. The van der Waals surface area contributed by atoms with Crippen LogP contribution in [0.15, 0.2) is 59.2 Å². The first-order chi connectivity index (χ1) is 16.0. The summed E-state index contributed by atoms with van der Waals surface area (Å²) in [5, 5.41) is 8.29. The molecule has 0 radical (unpaired) electrons. The van der Waals surface area contributed by atoms with Crippen LogP contribution in [0.4, 0.5) is 15.9 Å². The SMILES string of the molecule is CCN(CCN(C=O)c1ccc(Br)cc1)c1n[nH]c2cnc(-c3c(F)cccc3OC)cc12. The minimum atomic E-state index is -0.408. The van der Waals surface area contributed by atoms with E-state index < -0.39 is 5.82 Å². The number of fused-ring (bicyclic) bond motifs is 1. The number of amides is 1. The molecule has 0 bridgehead atoms. The number of methoxy groups -OCH3 is 1. The number of hydrogen-bond donors (Lipinski definition) is 1. The van der Waals surface area contributed by atoms with Gasteiger partial charge in [0, 0.05) is 35.2 Å². The number of H-pyrrole nitrogens is 1. The molecular formula is C24H23BrFN5O2. The molecule has 0 aliphatic carbocycles. The number of rotatable bonds is 9. The molecule has 0 aliphatic rings. The molecule has 4 rings (SSSR count). The Morgan fingerprint density at radius 3 is 2.67 bits per heavy atom. The Morgan fingerprint density at radius 2 is 1.97 bits per heavy atom. The zero-order valence-electron chi connectivity index (χ0n) is 18.3. The minimum absolute atomic E-state index is 0.305. The number of anilines is 2. The average Bonchev–Trinajstić information content (AvgIpc) is 3.25. The number of nitrogens with one attached hydrogen (secondary N) is 1. The molecule has 2 aromatic heterocycles. The van der Waals surface area contributed by atoms with Crippen molar-refractivity contribution in [1.29, 1.82) is 0 Å². The van der Waals surface area contributed by atoms with E-state index in [2.05, 4.69) is 36.0 Å². The van der Waals surface area contributed by atoms with Gasteiger partial charge in [-0.15, -0.1) is 0 Å². The monoisotopic (exact) mass is 511 g/mol. The van der Waals surface area contributed by atoms with Crippen molar-refractivity contribution in [2.45, 2.75) is 6.92 Å². The minimum Gasteiger partial charge on any atom is -0.496 e. The number of ether oxygens (including phenoxy) is 1. The van der Waals surface area contributed by atoms with Gasteiger partial charge in [0.1, 0.15) is 11.6 Å². The molecular weight excluding hydrogens is 489 g/mol. The van der Waals surface area contributed by atoms with Crippen molar-refractivity contribution in [2.24, 2.45) is 0 Å². The second-order valence-corrected chi connectivity index (χ2v) is 8.25. The number of carbonyl (C=O) groups excluding carboxylic acids is 1. The highest BCUT2D eigenvalue weighted by atomic mass is 79.9. The Labute approximate surface area is 199 Å². The lowest BCUT2D eigenvalue weighted by atomic mass is 10.1. The first kappa shape index (κ1) is 22.7. The molecule has 2 heterocycles. The number of aromatic nitrogens is 3. The highest BCUT2D eigenvalue weighted by Gasteiger charge is 2.18. The van der Waals surface area contributed by atoms with Gasteiger partial charge >= 0.3 is 0 Å². The van der Waals surface area contributed by atoms with Gasteiger partial charge in [0.25, 0.3) is 0 Å². The van der Waals surface area contributed by atoms with Gasteiger partial charge in [-0.25, -0.2) is 4.39 Å². The highest BCUT2D eigenvalue weighted by molar-refractivity contribution is 9.10. The van der Waals surface area contributed by atoms with Gasteiger partial charge in [-0.3, -0.25) is 14.9 Å². The van der Waals surface area contributed by atoms with Crippen LogP contribution in [0.1, 0.15) is 6.92 Å². The molecule has 33 heavy (non-hydrogen) atoms. The van der Waals surface area contributed by atoms with Crippen molar-refractivity contribution in [3.63, 3.8) is 0 Å². The van der Waals surface area contributed by atoms with Gasteiger partial charge in [-0.05, 0) is 49.4 Å². The lowest BCUT2D eigenvalue weighted by Gasteiger charge is -2.25. The topological polar surface area (TPSA) is 74.4 Å². The molecule has 0 unspecified atom stereocenters. The number of hydrogen-bond acceptors (Lipinski definition) is 5. The number of likely N-dealkylation sites (N-methyl/N-ethyl adjacent to an activating group) is 1. The van der Waals surface area contributed by atoms with Gasteiger partial charge in [-0.1, -0.05) is 22.0 Å². The number of carbonyl (C=O) groups is 1. The zero-order valence-corrected chi connectivity index (χ0v) is 19.8. The van der Waals surface area contributed by atoms with Crippen molar-refractivity contribution in [3.05, 3.63) is 65.0 Å². The third-order valence-electron chi connectivity index (χ3n) is 5.46. The summed E-state index contributed by atoms with van der Waals surface area (Å²) >= 11 is 3.41. The van der Waals surface area contributed by atoms with Crippen LogP contribution in [0.2, 0.25) is 0 Å². The van der Waals surface area contributed by atoms with Crippen molar-refractivity contribution >= 4 is 44.7 Å². The van der Waals surface area contributed by atoms with Crippen molar-refractivity contribution < 1.29 is 13.9 Å². The molecule has 1 amide bonds. The van der Waals surface area contributed by atoms with Crippen LogP contribution in [0, 0.1) is 5.82 Å². The molecule has 0 atom stereocenters. The number of benzene rings is 2. The summed E-state index contributed by atoms with van der Waals surface area (Å²) < 4.78 is 20.9. The smallest absolute Gasteiger partial charge is 0.214 e. The third-order valence-corrected chi connectivity index (χ3v) is 5.98. The number of aromatic amines is 1. The van der Waals surface area contributed by atoms with E-state index in [1.807, 2.05) is 37.3 Å². The standard InChI is InChI=1S/C24H23BrFN5O2/c1-3-30(11-12-31(15-32)17-9-7-16(25)8-10-17)24-18-13-20(27-14-21(18)28-29-24)23-19(26)5-4-6-22(23)33-2/h4-10,13-15H,3,11-12H2,1-2H3,(H,28,29). The molecule has 0 fully saturated rings. The highest BCUT2D eigenvalue weighted by Crippen LogP contribution is 2.34. The van der Waals surface area contributed by atoms with E-state index in [1.165, 1.54) is 13.2 Å².